The molecule has 0 saturated carbocycles. The van der Waals surface area contributed by atoms with Crippen molar-refractivity contribution in [3.8, 4) is 0 Å². The van der Waals surface area contributed by atoms with E-state index >= 15 is 0 Å². The van der Waals surface area contributed by atoms with Crippen molar-refractivity contribution in [1.29, 1.82) is 0 Å². The molecule has 3 aromatic carbocycles. The van der Waals surface area contributed by atoms with Gasteiger partial charge in [-0.15, -0.1) is 12.1 Å². The maximum absolute atomic E-state index is 6.28. The molecular formula is C29H31BCl2N2. The van der Waals surface area contributed by atoms with Gasteiger partial charge in [-0.3, -0.25) is 0 Å². The third-order valence-electron chi connectivity index (χ3n) is 5.71. The lowest BCUT2D eigenvalue weighted by Gasteiger charge is -2.17. The number of aryl methyl sites for hydroxylation is 3. The molecular weight excluding hydrogens is 458 g/mol. The highest BCUT2D eigenvalue weighted by atomic mass is 35.5. The summed E-state index contributed by atoms with van der Waals surface area (Å²) < 4.78 is 2.26. The zero-order valence-corrected chi connectivity index (χ0v) is 21.4. The van der Waals surface area contributed by atoms with Crippen LogP contribution in [0.25, 0.3) is 0 Å². The minimum Gasteiger partial charge on any atom is -0.334 e. The van der Waals surface area contributed by atoms with Crippen molar-refractivity contribution in [2.45, 2.75) is 39.7 Å². The molecule has 0 spiro atoms. The number of nitrogens with zero attached hydrogens (tertiary/aromatic N) is 2. The number of imidazole rings is 1. The van der Waals surface area contributed by atoms with Crippen LogP contribution in [0.5, 0.6) is 0 Å². The first kappa shape index (κ1) is 25.9. The lowest BCUT2D eigenvalue weighted by molar-refractivity contribution is 0.653. The normalized spacial score (nSPS) is 10.4. The van der Waals surface area contributed by atoms with Crippen LogP contribution in [0.4, 0.5) is 0 Å². The van der Waals surface area contributed by atoms with Gasteiger partial charge in [-0.1, -0.05) is 121 Å². The Kier molecular flexibility index (Phi) is 10.1. The summed E-state index contributed by atoms with van der Waals surface area (Å²) in [4.78, 5) is 4.22. The molecule has 2 nitrogen and oxygen atoms in total. The third kappa shape index (κ3) is 7.12. The highest BCUT2D eigenvalue weighted by molar-refractivity contribution is 6.93. The lowest BCUT2D eigenvalue weighted by Crippen LogP contribution is -2.44. The first-order valence-electron chi connectivity index (χ1n) is 11.7. The first-order chi connectivity index (χ1) is 16.5. The molecule has 1 heterocycles. The molecule has 34 heavy (non-hydrogen) atoms. The number of benzene rings is 3. The van der Waals surface area contributed by atoms with E-state index in [-0.39, 0.29) is 6.71 Å². The number of hydrogen-bond acceptors (Lipinski definition) is 1. The summed E-state index contributed by atoms with van der Waals surface area (Å²) in [5, 5.41) is 1.48. The second-order valence-corrected chi connectivity index (χ2v) is 9.20. The van der Waals surface area contributed by atoms with Gasteiger partial charge in [0.15, 0.2) is 0 Å². The van der Waals surface area contributed by atoms with Crippen molar-refractivity contribution in [1.82, 2.24) is 9.55 Å². The van der Waals surface area contributed by atoms with Gasteiger partial charge >= 0.3 is 0 Å². The van der Waals surface area contributed by atoms with Crippen LogP contribution in [0.3, 0.4) is 0 Å². The van der Waals surface area contributed by atoms with Crippen molar-refractivity contribution in [2.24, 2.45) is 0 Å². The van der Waals surface area contributed by atoms with Crippen LogP contribution < -0.4 is 10.9 Å². The molecule has 0 aliphatic heterocycles. The summed E-state index contributed by atoms with van der Waals surface area (Å²) in [6.07, 6.45) is 7.29. The molecule has 0 fully saturated rings. The van der Waals surface area contributed by atoms with Crippen molar-refractivity contribution in [3.05, 3.63) is 125 Å². The zero-order valence-electron chi connectivity index (χ0n) is 19.9. The van der Waals surface area contributed by atoms with Crippen LogP contribution in [0.1, 0.15) is 31.5 Å². The van der Waals surface area contributed by atoms with Gasteiger partial charge in [0.1, 0.15) is 0 Å². The van der Waals surface area contributed by atoms with Crippen molar-refractivity contribution in [3.63, 3.8) is 0 Å². The van der Waals surface area contributed by atoms with Crippen LogP contribution in [-0.2, 0) is 19.4 Å². The molecule has 1 aromatic heterocycles. The molecule has 5 heteroatoms. The molecule has 0 radical (unpaired) electrons. The van der Waals surface area contributed by atoms with E-state index in [2.05, 4.69) is 53.4 Å². The highest BCUT2D eigenvalue weighted by Gasteiger charge is 2.24. The fourth-order valence-corrected chi connectivity index (χ4v) is 4.51. The average molecular weight is 489 g/mol. The Morgan fingerprint density at radius 3 is 1.94 bits per heavy atom. The summed E-state index contributed by atoms with van der Waals surface area (Å²) in [7, 11) is 0. The number of rotatable bonds is 8. The van der Waals surface area contributed by atoms with Crippen LogP contribution in [0, 0.1) is 0 Å². The Balaban J connectivity index is 0.000000192. The van der Waals surface area contributed by atoms with Gasteiger partial charge in [0.05, 0.1) is 6.33 Å². The summed E-state index contributed by atoms with van der Waals surface area (Å²) >= 11 is 12.6. The monoisotopic (exact) mass is 488 g/mol. The van der Waals surface area contributed by atoms with Gasteiger partial charge in [-0.25, -0.2) is 4.98 Å². The highest BCUT2D eigenvalue weighted by Crippen LogP contribution is 2.13. The predicted octanol–water partition coefficient (Wildman–Crippen LogP) is 6.80. The van der Waals surface area contributed by atoms with E-state index in [9.17, 15) is 0 Å². The smallest absolute Gasteiger partial charge is 0.240 e. The molecule has 4 aromatic rings. The Morgan fingerprint density at radius 2 is 1.41 bits per heavy atom. The zero-order chi connectivity index (χ0) is 24.3. The van der Waals surface area contributed by atoms with E-state index in [0.29, 0.717) is 0 Å². The van der Waals surface area contributed by atoms with Crippen LogP contribution in [0.2, 0.25) is 10.0 Å². The van der Waals surface area contributed by atoms with Crippen molar-refractivity contribution < 1.29 is 0 Å². The molecule has 0 saturated heterocycles. The minimum atomic E-state index is 0.0346. The summed E-state index contributed by atoms with van der Waals surface area (Å²) in [5.74, 6) is 0. The van der Waals surface area contributed by atoms with Crippen LogP contribution in [-0.4, -0.2) is 16.3 Å². The predicted molar refractivity (Wildman–Crippen MR) is 149 cm³/mol. The Labute approximate surface area is 214 Å². The fourth-order valence-electron chi connectivity index (χ4n) is 4.02. The lowest BCUT2D eigenvalue weighted by atomic mass is 9.37. The van der Waals surface area contributed by atoms with Gasteiger partial charge < -0.3 is 4.57 Å². The van der Waals surface area contributed by atoms with E-state index in [1.165, 1.54) is 17.7 Å². The molecule has 0 bridgehead atoms. The molecule has 0 aliphatic rings. The topological polar surface area (TPSA) is 17.8 Å². The van der Waals surface area contributed by atoms with E-state index in [1.54, 1.807) is 0 Å². The molecule has 0 N–H and O–H groups in total. The maximum Gasteiger partial charge on any atom is 0.240 e. The van der Waals surface area contributed by atoms with E-state index in [1.807, 2.05) is 68.0 Å². The molecule has 174 valence electrons. The molecule has 0 aliphatic carbocycles. The molecule has 0 unspecified atom stereocenters. The van der Waals surface area contributed by atoms with Gasteiger partial charge in [0.2, 0.25) is 6.71 Å². The largest absolute Gasteiger partial charge is 0.334 e. The number of hydrogen-bond donors (Lipinski definition) is 0. The minimum absolute atomic E-state index is 0.0346. The Bertz CT molecular complexity index is 1140. The number of halogens is 2. The first-order valence-corrected chi connectivity index (χ1v) is 12.4. The Hall–Kier alpha value is -2.75. The van der Waals surface area contributed by atoms with Crippen molar-refractivity contribution >= 4 is 40.8 Å². The summed E-state index contributed by atoms with van der Waals surface area (Å²) in [6.45, 7) is 9.34. The number of allylic oxidation sites excluding steroid dienone is 1. The molecule has 0 atom stereocenters. The maximum atomic E-state index is 6.28. The summed E-state index contributed by atoms with van der Waals surface area (Å²) in [6, 6.07) is 26.2. The SMILES string of the molecule is C=C(C)B(c1ccccc1Cl)c1ccccc1Cl.CCCc1cncn1CCc1ccccc1. The fraction of sp³-hybridized carbons (Fsp3) is 0.207. The second kappa shape index (κ2) is 13.2. The van der Waals surface area contributed by atoms with Crippen molar-refractivity contribution in [2.75, 3.05) is 0 Å². The van der Waals surface area contributed by atoms with Crippen LogP contribution >= 0.6 is 23.2 Å². The van der Waals surface area contributed by atoms with Gasteiger partial charge in [0, 0.05) is 28.5 Å². The van der Waals surface area contributed by atoms with Gasteiger partial charge in [0.25, 0.3) is 0 Å². The molecule has 0 amide bonds. The quantitative estimate of drug-likeness (QED) is 0.249. The number of aromatic nitrogens is 2. The van der Waals surface area contributed by atoms with E-state index in [0.717, 1.165) is 45.8 Å². The standard InChI is InChI=1S/C15H13BCl2.C14H18N2/c1-11(2)16(12-7-3-5-9-14(12)17)13-8-4-6-10-15(13)18;1-2-6-14-11-15-12-16(14)10-9-13-7-4-3-5-8-13/h3-10H,1H2,2H3;3-5,7-8,11-12H,2,6,9-10H2,1H3. The average Bonchev–Trinajstić information content (AvgIpc) is 3.29. The molecule has 4 rings (SSSR count). The third-order valence-corrected chi connectivity index (χ3v) is 6.40. The second-order valence-electron chi connectivity index (χ2n) is 8.39. The van der Waals surface area contributed by atoms with Crippen LogP contribution in [0.15, 0.2) is 103 Å². The summed E-state index contributed by atoms with van der Waals surface area (Å²) in [5.41, 5.74) is 5.84. The van der Waals surface area contributed by atoms with Gasteiger partial charge in [-0.2, -0.15) is 0 Å². The van der Waals surface area contributed by atoms with Gasteiger partial charge in [-0.05, 0) is 30.5 Å². The Morgan fingerprint density at radius 1 is 0.853 bits per heavy atom. The van der Waals surface area contributed by atoms with E-state index in [4.69, 9.17) is 23.2 Å². The van der Waals surface area contributed by atoms with E-state index < -0.39 is 0 Å².